The van der Waals surface area contributed by atoms with E-state index in [1.807, 2.05) is 18.2 Å². The first-order valence-electron chi connectivity index (χ1n) is 11.9. The molecule has 15 heteroatoms. The standard InChI is InChI=1S/C23H25F2N3O3S2.C2HF3O2/c1-15-20(12-19(24)23(22(15)25)33(29,30)27-21-13-32-14-26-21)31-18-8-10-28(11-9-18)16(2)17-6-4-3-5-7-17;3-2(4,5)1(6)7/h3-7,12-14,16,18,27H,8-11H2,1-2H3;(H,6,7). The molecule has 1 aliphatic heterocycles. The van der Waals surface area contributed by atoms with Gasteiger partial charge in [0.25, 0.3) is 10.0 Å². The van der Waals surface area contributed by atoms with Gasteiger partial charge >= 0.3 is 12.1 Å². The topological polar surface area (TPSA) is 109 Å². The normalized spacial score (nSPS) is 15.6. The van der Waals surface area contributed by atoms with E-state index in [4.69, 9.17) is 14.6 Å². The lowest BCUT2D eigenvalue weighted by Crippen LogP contribution is -2.39. The third-order valence-corrected chi connectivity index (χ3v) is 8.13. The number of piperidine rings is 1. The van der Waals surface area contributed by atoms with Crippen molar-refractivity contribution in [2.24, 2.45) is 0 Å². The highest BCUT2D eigenvalue weighted by Crippen LogP contribution is 2.33. The number of halogens is 5. The number of sulfonamides is 1. The monoisotopic (exact) mass is 607 g/mol. The van der Waals surface area contributed by atoms with Crippen LogP contribution in [0.25, 0.3) is 0 Å². The zero-order valence-electron chi connectivity index (χ0n) is 21.3. The molecule has 2 aromatic carbocycles. The fourth-order valence-corrected chi connectivity index (χ4v) is 5.75. The average Bonchev–Trinajstić information content (AvgIpc) is 3.39. The van der Waals surface area contributed by atoms with Gasteiger partial charge in [0.1, 0.15) is 17.7 Å². The molecule has 0 radical (unpaired) electrons. The van der Waals surface area contributed by atoms with Crippen LogP contribution < -0.4 is 9.46 Å². The number of likely N-dealkylation sites (tertiary alicyclic amines) is 1. The molecule has 2 N–H and O–H groups in total. The summed E-state index contributed by atoms with van der Waals surface area (Å²) in [6.45, 7) is 5.12. The average molecular weight is 608 g/mol. The third-order valence-electron chi connectivity index (χ3n) is 6.16. The van der Waals surface area contributed by atoms with Crippen LogP contribution in [0, 0.1) is 18.6 Å². The number of ether oxygens (including phenoxy) is 1. The second-order valence-corrected chi connectivity index (χ2v) is 11.2. The molecule has 0 bridgehead atoms. The highest BCUT2D eigenvalue weighted by Gasteiger charge is 2.38. The minimum atomic E-state index is -5.08. The van der Waals surface area contributed by atoms with Crippen LogP contribution in [0.15, 0.2) is 52.2 Å². The van der Waals surface area contributed by atoms with Gasteiger partial charge in [-0.2, -0.15) is 13.2 Å². The van der Waals surface area contributed by atoms with Crippen molar-refractivity contribution in [3.63, 3.8) is 0 Å². The van der Waals surface area contributed by atoms with Gasteiger partial charge in [-0.1, -0.05) is 30.3 Å². The number of nitrogens with one attached hydrogen (secondary N) is 1. The molecule has 4 rings (SSSR count). The number of carbonyl (C=O) groups is 1. The predicted molar refractivity (Wildman–Crippen MR) is 138 cm³/mol. The number of carboxylic acids is 1. The predicted octanol–water partition coefficient (Wildman–Crippen LogP) is 5.77. The number of nitrogens with zero attached hydrogens (tertiary/aromatic N) is 2. The molecule has 8 nitrogen and oxygen atoms in total. The molecular weight excluding hydrogens is 581 g/mol. The Balaban J connectivity index is 0.000000559. The van der Waals surface area contributed by atoms with Crippen LogP contribution in [0.2, 0.25) is 0 Å². The maximum atomic E-state index is 15.0. The van der Waals surface area contributed by atoms with E-state index in [2.05, 4.69) is 33.7 Å². The van der Waals surface area contributed by atoms with Crippen molar-refractivity contribution >= 4 is 33.1 Å². The van der Waals surface area contributed by atoms with Gasteiger partial charge in [0.2, 0.25) is 0 Å². The molecule has 0 spiro atoms. The van der Waals surface area contributed by atoms with Gasteiger partial charge in [-0.15, -0.1) is 11.3 Å². The molecule has 1 atom stereocenters. The summed E-state index contributed by atoms with van der Waals surface area (Å²) in [6, 6.07) is 11.4. The summed E-state index contributed by atoms with van der Waals surface area (Å²) in [6.07, 6.45) is -3.89. The maximum Gasteiger partial charge on any atom is 0.490 e. The van der Waals surface area contributed by atoms with E-state index < -0.39 is 38.7 Å². The molecule has 1 aliphatic rings. The van der Waals surface area contributed by atoms with E-state index in [-0.39, 0.29) is 29.3 Å². The van der Waals surface area contributed by atoms with Gasteiger partial charge in [0.05, 0.1) is 5.51 Å². The van der Waals surface area contributed by atoms with Crippen LogP contribution in [-0.4, -0.2) is 54.7 Å². The van der Waals surface area contributed by atoms with Crippen molar-refractivity contribution in [3.8, 4) is 5.75 Å². The summed E-state index contributed by atoms with van der Waals surface area (Å²) in [5, 5.41) is 8.56. The number of alkyl halides is 3. The Labute approximate surface area is 231 Å². The van der Waals surface area contributed by atoms with Gasteiger partial charge in [-0.05, 0) is 32.3 Å². The number of thiazole rings is 1. The first-order chi connectivity index (χ1) is 18.7. The van der Waals surface area contributed by atoms with Crippen molar-refractivity contribution < 1.29 is 45.0 Å². The summed E-state index contributed by atoms with van der Waals surface area (Å²) in [5.74, 6) is -5.10. The summed E-state index contributed by atoms with van der Waals surface area (Å²) < 4.78 is 94.6. The number of hydrogen-bond donors (Lipinski definition) is 2. The van der Waals surface area contributed by atoms with Crippen LogP contribution in [0.3, 0.4) is 0 Å². The van der Waals surface area contributed by atoms with Gasteiger partial charge in [0.15, 0.2) is 16.5 Å². The van der Waals surface area contributed by atoms with Crippen molar-refractivity contribution in [2.45, 2.75) is 49.9 Å². The molecule has 218 valence electrons. The van der Waals surface area contributed by atoms with Crippen LogP contribution >= 0.6 is 11.3 Å². The lowest BCUT2D eigenvalue weighted by atomic mass is 10.0. The minimum Gasteiger partial charge on any atom is -0.490 e. The lowest BCUT2D eigenvalue weighted by molar-refractivity contribution is -0.192. The molecular formula is C25H26F5N3O5S2. The first-order valence-corrected chi connectivity index (χ1v) is 14.3. The molecule has 3 aromatic rings. The maximum absolute atomic E-state index is 15.0. The number of aromatic nitrogens is 1. The van der Waals surface area contributed by atoms with E-state index in [0.717, 1.165) is 30.5 Å². The molecule has 1 unspecified atom stereocenters. The zero-order valence-corrected chi connectivity index (χ0v) is 22.9. The van der Waals surface area contributed by atoms with Crippen molar-refractivity contribution in [3.05, 3.63) is 70.1 Å². The number of aliphatic carboxylic acids is 1. The summed E-state index contributed by atoms with van der Waals surface area (Å²) in [4.78, 5) is 14.0. The summed E-state index contributed by atoms with van der Waals surface area (Å²) in [5.41, 5.74) is 2.61. The Hall–Kier alpha value is -3.30. The summed E-state index contributed by atoms with van der Waals surface area (Å²) >= 11 is 1.16. The molecule has 1 fully saturated rings. The molecule has 1 saturated heterocycles. The largest absolute Gasteiger partial charge is 0.490 e. The zero-order chi connectivity index (χ0) is 29.7. The Morgan fingerprint density at radius 2 is 1.80 bits per heavy atom. The molecule has 40 heavy (non-hydrogen) atoms. The van der Waals surface area contributed by atoms with Gasteiger partial charge in [0, 0.05) is 36.1 Å². The quantitative estimate of drug-likeness (QED) is 0.329. The van der Waals surface area contributed by atoms with Crippen molar-refractivity contribution in [1.82, 2.24) is 9.88 Å². The Kier molecular flexibility index (Phi) is 10.1. The van der Waals surface area contributed by atoms with Crippen LogP contribution in [0.1, 0.15) is 36.9 Å². The number of carboxylic acid groups (broad SMARTS) is 1. The number of rotatable bonds is 7. The lowest BCUT2D eigenvalue weighted by Gasteiger charge is -2.36. The van der Waals surface area contributed by atoms with Crippen molar-refractivity contribution in [2.75, 3.05) is 17.8 Å². The molecule has 2 heterocycles. The number of benzene rings is 2. The van der Waals surface area contributed by atoms with Gasteiger partial charge in [-0.25, -0.2) is 27.0 Å². The Morgan fingerprint density at radius 3 is 2.33 bits per heavy atom. The van der Waals surface area contributed by atoms with E-state index in [1.54, 1.807) is 0 Å². The SMILES string of the molecule is Cc1c(OC2CCN(C(C)c3ccccc3)CC2)cc(F)c(S(=O)(=O)Nc2cscn2)c1F.O=C(O)C(F)(F)F. The van der Waals surface area contributed by atoms with Gasteiger partial charge in [-0.3, -0.25) is 9.62 Å². The fourth-order valence-electron chi connectivity index (χ4n) is 4.00. The molecule has 0 amide bonds. The van der Waals surface area contributed by atoms with Crippen molar-refractivity contribution in [1.29, 1.82) is 0 Å². The van der Waals surface area contributed by atoms with E-state index in [0.29, 0.717) is 12.8 Å². The highest BCUT2D eigenvalue weighted by molar-refractivity contribution is 7.92. The Bertz CT molecular complexity index is 1400. The molecule has 1 aromatic heterocycles. The van der Waals surface area contributed by atoms with E-state index in [1.165, 1.54) is 23.4 Å². The summed E-state index contributed by atoms with van der Waals surface area (Å²) in [7, 11) is -4.48. The highest BCUT2D eigenvalue weighted by atomic mass is 32.2. The van der Waals surface area contributed by atoms with Gasteiger partial charge < -0.3 is 9.84 Å². The minimum absolute atomic E-state index is 0.00766. The second-order valence-electron chi connectivity index (χ2n) is 8.85. The van der Waals surface area contributed by atoms with Crippen LogP contribution in [-0.2, 0) is 14.8 Å². The van der Waals surface area contributed by atoms with Crippen LogP contribution in [0.4, 0.5) is 27.8 Å². The first kappa shape index (κ1) is 31.2. The fraction of sp³-hybridized carbons (Fsp3) is 0.360. The number of hydrogen-bond acceptors (Lipinski definition) is 7. The number of anilines is 1. The van der Waals surface area contributed by atoms with Crippen LogP contribution in [0.5, 0.6) is 5.75 Å². The van der Waals surface area contributed by atoms with E-state index >= 15 is 0 Å². The smallest absolute Gasteiger partial charge is 0.490 e. The Morgan fingerprint density at radius 1 is 1.20 bits per heavy atom. The molecule has 0 aliphatic carbocycles. The van der Waals surface area contributed by atoms with E-state index in [9.17, 15) is 30.4 Å². The molecule has 0 saturated carbocycles. The third kappa shape index (κ3) is 7.88. The second kappa shape index (κ2) is 12.9.